The van der Waals surface area contributed by atoms with Crippen molar-refractivity contribution in [3.63, 3.8) is 0 Å². The lowest BCUT2D eigenvalue weighted by Crippen LogP contribution is -2.31. The molecule has 0 aliphatic carbocycles. The Labute approximate surface area is 104 Å². The summed E-state index contributed by atoms with van der Waals surface area (Å²) in [6, 6.07) is 2.93. The van der Waals surface area contributed by atoms with Gasteiger partial charge in [0, 0.05) is 12.1 Å². The Morgan fingerprint density at radius 3 is 2.50 bits per heavy atom. The fourth-order valence-electron chi connectivity index (χ4n) is 1.21. The molecule has 0 radical (unpaired) electrons. The van der Waals surface area contributed by atoms with Gasteiger partial charge in [-0.2, -0.15) is 0 Å². The number of hydrogen-bond donors (Lipinski definition) is 0. The highest BCUT2D eigenvalue weighted by atomic mass is 35.5. The maximum atomic E-state index is 12.0. The highest BCUT2D eigenvalue weighted by Gasteiger charge is 2.14. The maximum Gasteiger partial charge on any atom is 0.254 e. The molecule has 0 aliphatic heterocycles. The number of terminal acetylenes is 1. The summed E-state index contributed by atoms with van der Waals surface area (Å²) in [4.78, 5) is 17.2. The molecule has 0 aliphatic rings. The predicted molar refractivity (Wildman–Crippen MR) is 64.7 cm³/mol. The van der Waals surface area contributed by atoms with E-state index in [0.717, 1.165) is 0 Å². The molecule has 0 atom stereocenters. The van der Waals surface area contributed by atoms with Crippen molar-refractivity contribution in [1.29, 1.82) is 0 Å². The summed E-state index contributed by atoms with van der Waals surface area (Å²) in [5, 5.41) is 0.375. The van der Waals surface area contributed by atoms with E-state index in [1.165, 1.54) is 17.0 Å². The summed E-state index contributed by atoms with van der Waals surface area (Å²) in [6.45, 7) is 2.63. The van der Waals surface area contributed by atoms with Gasteiger partial charge in [0.05, 0.1) is 6.54 Å². The number of carbonyl (C=O) groups is 1. The molecule has 1 amide bonds. The van der Waals surface area contributed by atoms with Crippen LogP contribution in [0, 0.1) is 12.3 Å². The lowest BCUT2D eigenvalue weighted by atomic mass is 10.2. The molecular formula is C11H10Cl2N2O. The number of halogens is 2. The second kappa shape index (κ2) is 5.74. The zero-order valence-corrected chi connectivity index (χ0v) is 10.2. The van der Waals surface area contributed by atoms with Crippen molar-refractivity contribution >= 4 is 29.1 Å². The highest BCUT2D eigenvalue weighted by molar-refractivity contribution is 6.33. The normalized spacial score (nSPS) is 9.62. The SMILES string of the molecule is C#CCN(CC)C(=O)c1cc(Cl)nc(Cl)c1. The third-order valence-corrected chi connectivity index (χ3v) is 2.35. The molecule has 1 rings (SSSR count). The van der Waals surface area contributed by atoms with Crippen molar-refractivity contribution in [3.05, 3.63) is 28.0 Å². The molecule has 0 saturated carbocycles. The molecule has 16 heavy (non-hydrogen) atoms. The van der Waals surface area contributed by atoms with Gasteiger partial charge in [0.15, 0.2) is 0 Å². The lowest BCUT2D eigenvalue weighted by Gasteiger charge is -2.17. The molecule has 1 aromatic rings. The average molecular weight is 257 g/mol. The average Bonchev–Trinajstić information content (AvgIpc) is 2.23. The summed E-state index contributed by atoms with van der Waals surface area (Å²) < 4.78 is 0. The van der Waals surface area contributed by atoms with Gasteiger partial charge in [-0.05, 0) is 19.1 Å². The minimum atomic E-state index is -0.202. The van der Waals surface area contributed by atoms with Crippen LogP contribution in [-0.4, -0.2) is 28.9 Å². The number of hydrogen-bond acceptors (Lipinski definition) is 2. The molecule has 0 N–H and O–H groups in total. The highest BCUT2D eigenvalue weighted by Crippen LogP contribution is 2.16. The number of aromatic nitrogens is 1. The Morgan fingerprint density at radius 2 is 2.06 bits per heavy atom. The molecule has 0 spiro atoms. The molecule has 0 fully saturated rings. The quantitative estimate of drug-likeness (QED) is 0.615. The van der Waals surface area contributed by atoms with E-state index in [2.05, 4.69) is 10.9 Å². The van der Waals surface area contributed by atoms with Gasteiger partial charge < -0.3 is 4.90 Å². The van der Waals surface area contributed by atoms with E-state index in [-0.39, 0.29) is 22.8 Å². The first-order valence-electron chi connectivity index (χ1n) is 4.64. The molecule has 5 heteroatoms. The number of amides is 1. The molecule has 0 aromatic carbocycles. The van der Waals surface area contributed by atoms with Gasteiger partial charge >= 0.3 is 0 Å². The van der Waals surface area contributed by atoms with Crippen LogP contribution >= 0.6 is 23.2 Å². The Hall–Kier alpha value is -1.24. The van der Waals surface area contributed by atoms with Gasteiger partial charge in [-0.25, -0.2) is 4.98 Å². The zero-order chi connectivity index (χ0) is 12.1. The molecule has 3 nitrogen and oxygen atoms in total. The third kappa shape index (κ3) is 3.13. The van der Waals surface area contributed by atoms with E-state index in [4.69, 9.17) is 29.6 Å². The van der Waals surface area contributed by atoms with Crippen LogP contribution in [0.4, 0.5) is 0 Å². The number of nitrogens with zero attached hydrogens (tertiary/aromatic N) is 2. The van der Waals surface area contributed by atoms with Gasteiger partial charge in [0.1, 0.15) is 10.3 Å². The van der Waals surface area contributed by atoms with Crippen molar-refractivity contribution in [3.8, 4) is 12.3 Å². The maximum absolute atomic E-state index is 12.0. The Kier molecular flexibility index (Phi) is 4.60. The Balaban J connectivity index is 2.99. The van der Waals surface area contributed by atoms with Crippen LogP contribution in [0.25, 0.3) is 0 Å². The van der Waals surface area contributed by atoms with Crippen molar-refractivity contribution in [2.24, 2.45) is 0 Å². The summed E-state index contributed by atoms with van der Waals surface area (Å²) in [5.41, 5.74) is 0.391. The van der Waals surface area contributed by atoms with E-state index in [1.54, 1.807) is 0 Å². The fourth-order valence-corrected chi connectivity index (χ4v) is 1.67. The van der Waals surface area contributed by atoms with Crippen LogP contribution in [0.2, 0.25) is 10.3 Å². The van der Waals surface area contributed by atoms with E-state index >= 15 is 0 Å². The summed E-state index contributed by atoms with van der Waals surface area (Å²) in [5.74, 6) is 2.22. The van der Waals surface area contributed by atoms with Gasteiger partial charge in [0.2, 0.25) is 0 Å². The smallest absolute Gasteiger partial charge is 0.254 e. The monoisotopic (exact) mass is 256 g/mol. The topological polar surface area (TPSA) is 33.2 Å². The van der Waals surface area contributed by atoms with Gasteiger partial charge in [-0.3, -0.25) is 4.79 Å². The van der Waals surface area contributed by atoms with Crippen LogP contribution in [0.5, 0.6) is 0 Å². The van der Waals surface area contributed by atoms with Crippen molar-refractivity contribution in [2.45, 2.75) is 6.92 Å². The second-order valence-corrected chi connectivity index (χ2v) is 3.80. The molecule has 1 aromatic heterocycles. The van der Waals surface area contributed by atoms with Gasteiger partial charge in [0.25, 0.3) is 5.91 Å². The van der Waals surface area contributed by atoms with Crippen molar-refractivity contribution in [1.82, 2.24) is 9.88 Å². The van der Waals surface area contributed by atoms with Crippen LogP contribution in [0.1, 0.15) is 17.3 Å². The Bertz CT molecular complexity index is 420. The van der Waals surface area contributed by atoms with Crippen LogP contribution in [-0.2, 0) is 0 Å². The zero-order valence-electron chi connectivity index (χ0n) is 8.70. The molecule has 0 unspecified atom stereocenters. The minimum absolute atomic E-state index is 0.188. The van der Waals surface area contributed by atoms with E-state index in [1.807, 2.05) is 6.92 Å². The number of carbonyl (C=O) groups excluding carboxylic acids is 1. The van der Waals surface area contributed by atoms with E-state index < -0.39 is 0 Å². The minimum Gasteiger partial charge on any atom is -0.328 e. The van der Waals surface area contributed by atoms with Gasteiger partial charge in [-0.1, -0.05) is 29.1 Å². The summed E-state index contributed by atoms with van der Waals surface area (Å²) >= 11 is 11.4. The number of pyridine rings is 1. The molecule has 0 bridgehead atoms. The first-order valence-corrected chi connectivity index (χ1v) is 5.40. The fraction of sp³-hybridized carbons (Fsp3) is 0.273. The Morgan fingerprint density at radius 1 is 1.50 bits per heavy atom. The standard InChI is InChI=1S/C11H10Cl2N2O/c1-3-5-15(4-2)11(16)8-6-9(12)14-10(13)7-8/h1,6-7H,4-5H2,2H3. The summed E-state index contributed by atoms with van der Waals surface area (Å²) in [7, 11) is 0. The molecule has 0 saturated heterocycles. The molecule has 1 heterocycles. The van der Waals surface area contributed by atoms with Crippen molar-refractivity contribution < 1.29 is 4.79 Å². The van der Waals surface area contributed by atoms with Gasteiger partial charge in [-0.15, -0.1) is 6.42 Å². The van der Waals surface area contributed by atoms with Crippen LogP contribution in [0.15, 0.2) is 12.1 Å². The first-order chi connectivity index (χ1) is 7.58. The third-order valence-electron chi connectivity index (χ3n) is 1.96. The predicted octanol–water partition coefficient (Wildman–Crippen LogP) is 2.48. The van der Waals surface area contributed by atoms with Crippen molar-refractivity contribution in [2.75, 3.05) is 13.1 Å². The molecule has 84 valence electrons. The van der Waals surface area contributed by atoms with Crippen LogP contribution in [0.3, 0.4) is 0 Å². The molecular weight excluding hydrogens is 247 g/mol. The van der Waals surface area contributed by atoms with E-state index in [0.29, 0.717) is 12.1 Å². The lowest BCUT2D eigenvalue weighted by molar-refractivity contribution is 0.0785. The van der Waals surface area contributed by atoms with Crippen LogP contribution < -0.4 is 0 Å². The van der Waals surface area contributed by atoms with E-state index in [9.17, 15) is 4.79 Å². The first kappa shape index (κ1) is 12.8. The second-order valence-electron chi connectivity index (χ2n) is 3.02. The largest absolute Gasteiger partial charge is 0.328 e. The summed E-state index contributed by atoms with van der Waals surface area (Å²) in [6.07, 6.45) is 5.17. The number of rotatable bonds is 3.